The van der Waals surface area contributed by atoms with Gasteiger partial charge in [-0.1, -0.05) is 42.1 Å². The second kappa shape index (κ2) is 7.39. The number of rotatable bonds is 5. The maximum Gasteiger partial charge on any atom is 0.127 e. The van der Waals surface area contributed by atoms with Crippen LogP contribution in [0.2, 0.25) is 0 Å². The first-order valence-corrected chi connectivity index (χ1v) is 8.13. The van der Waals surface area contributed by atoms with Gasteiger partial charge in [-0.2, -0.15) is 0 Å². The Morgan fingerprint density at radius 1 is 1.21 bits per heavy atom. The standard InChI is InChI=1S/C16H23BrFN/c1-2-12-3-5-13(6-4-12)10-19-11-14-9-15(17)7-8-16(14)18/h7-9,12-13,19H,2-6,10-11H2,1H3. The zero-order valence-corrected chi connectivity index (χ0v) is 13.2. The summed E-state index contributed by atoms with van der Waals surface area (Å²) < 4.78 is 14.5. The first kappa shape index (κ1) is 15.0. The van der Waals surface area contributed by atoms with Crippen LogP contribution < -0.4 is 5.32 Å². The Labute approximate surface area is 124 Å². The molecule has 0 spiro atoms. The molecule has 0 amide bonds. The lowest BCUT2D eigenvalue weighted by molar-refractivity contribution is 0.262. The summed E-state index contributed by atoms with van der Waals surface area (Å²) in [6, 6.07) is 5.12. The Morgan fingerprint density at radius 3 is 2.58 bits per heavy atom. The Balaban J connectivity index is 1.73. The number of halogens is 2. The van der Waals surface area contributed by atoms with E-state index in [2.05, 4.69) is 28.2 Å². The van der Waals surface area contributed by atoms with Gasteiger partial charge < -0.3 is 5.32 Å². The van der Waals surface area contributed by atoms with Crippen molar-refractivity contribution in [3.05, 3.63) is 34.1 Å². The maximum absolute atomic E-state index is 13.6. The van der Waals surface area contributed by atoms with E-state index in [1.54, 1.807) is 6.07 Å². The summed E-state index contributed by atoms with van der Waals surface area (Å²) in [5.41, 5.74) is 0.747. The largest absolute Gasteiger partial charge is 0.312 e. The van der Waals surface area contributed by atoms with E-state index in [1.807, 2.05) is 6.07 Å². The van der Waals surface area contributed by atoms with Crippen LogP contribution in [0.3, 0.4) is 0 Å². The Hall–Kier alpha value is -0.410. The fourth-order valence-electron chi connectivity index (χ4n) is 2.93. The molecule has 0 atom stereocenters. The molecule has 0 aromatic heterocycles. The third kappa shape index (κ3) is 4.57. The smallest absolute Gasteiger partial charge is 0.127 e. The zero-order chi connectivity index (χ0) is 13.7. The number of hydrogen-bond donors (Lipinski definition) is 1. The maximum atomic E-state index is 13.6. The fourth-order valence-corrected chi connectivity index (χ4v) is 3.34. The molecular weight excluding hydrogens is 305 g/mol. The molecule has 0 aliphatic heterocycles. The lowest BCUT2D eigenvalue weighted by Crippen LogP contribution is -2.26. The van der Waals surface area contributed by atoms with Crippen LogP contribution in [-0.4, -0.2) is 6.54 Å². The first-order chi connectivity index (χ1) is 9.19. The van der Waals surface area contributed by atoms with Crippen LogP contribution in [0.4, 0.5) is 4.39 Å². The highest BCUT2D eigenvalue weighted by Crippen LogP contribution is 2.30. The van der Waals surface area contributed by atoms with Crippen molar-refractivity contribution in [1.29, 1.82) is 0 Å². The molecule has 0 unspecified atom stereocenters. The molecule has 106 valence electrons. The van der Waals surface area contributed by atoms with Gasteiger partial charge >= 0.3 is 0 Å². The highest BCUT2D eigenvalue weighted by molar-refractivity contribution is 9.10. The monoisotopic (exact) mass is 327 g/mol. The van der Waals surface area contributed by atoms with Crippen LogP contribution >= 0.6 is 15.9 Å². The Morgan fingerprint density at radius 2 is 1.89 bits per heavy atom. The Kier molecular flexibility index (Phi) is 5.83. The van der Waals surface area contributed by atoms with Gasteiger partial charge in [0.25, 0.3) is 0 Å². The van der Waals surface area contributed by atoms with E-state index >= 15 is 0 Å². The summed E-state index contributed by atoms with van der Waals surface area (Å²) in [6.07, 6.45) is 6.71. The van der Waals surface area contributed by atoms with E-state index in [0.29, 0.717) is 6.54 Å². The third-order valence-corrected chi connectivity index (χ3v) is 4.79. The van der Waals surface area contributed by atoms with Gasteiger partial charge in [0.2, 0.25) is 0 Å². The van der Waals surface area contributed by atoms with Crippen molar-refractivity contribution in [1.82, 2.24) is 5.32 Å². The van der Waals surface area contributed by atoms with Crippen molar-refractivity contribution < 1.29 is 4.39 Å². The molecule has 3 heteroatoms. The van der Waals surface area contributed by atoms with Crippen molar-refractivity contribution in [3.63, 3.8) is 0 Å². The lowest BCUT2D eigenvalue weighted by Gasteiger charge is -2.28. The Bertz CT molecular complexity index is 400. The van der Waals surface area contributed by atoms with E-state index in [9.17, 15) is 4.39 Å². The van der Waals surface area contributed by atoms with Gasteiger partial charge in [0.05, 0.1) is 0 Å². The molecule has 19 heavy (non-hydrogen) atoms. The highest BCUT2D eigenvalue weighted by Gasteiger charge is 2.19. The minimum atomic E-state index is -0.120. The van der Waals surface area contributed by atoms with Crippen LogP contribution in [0.5, 0.6) is 0 Å². The summed E-state index contributed by atoms with van der Waals surface area (Å²) in [5, 5.41) is 3.41. The predicted octanol–water partition coefficient (Wildman–Crippen LogP) is 4.89. The van der Waals surface area contributed by atoms with Crippen molar-refractivity contribution in [2.45, 2.75) is 45.6 Å². The highest BCUT2D eigenvalue weighted by atomic mass is 79.9. The molecule has 0 radical (unpaired) electrons. The van der Waals surface area contributed by atoms with E-state index in [0.717, 1.165) is 28.4 Å². The molecule has 2 rings (SSSR count). The molecule has 1 aliphatic carbocycles. The minimum Gasteiger partial charge on any atom is -0.312 e. The number of benzene rings is 1. The second-order valence-electron chi connectivity index (χ2n) is 5.66. The minimum absolute atomic E-state index is 0.120. The average Bonchev–Trinajstić information content (AvgIpc) is 2.43. The fraction of sp³-hybridized carbons (Fsp3) is 0.625. The van der Waals surface area contributed by atoms with Crippen molar-refractivity contribution in [2.24, 2.45) is 11.8 Å². The predicted molar refractivity (Wildman–Crippen MR) is 81.5 cm³/mol. The molecule has 1 nitrogen and oxygen atoms in total. The molecule has 1 aromatic rings. The van der Waals surface area contributed by atoms with Crippen molar-refractivity contribution in [3.8, 4) is 0 Å². The number of hydrogen-bond acceptors (Lipinski definition) is 1. The molecule has 1 N–H and O–H groups in total. The third-order valence-electron chi connectivity index (χ3n) is 4.30. The molecule has 1 saturated carbocycles. The second-order valence-corrected chi connectivity index (χ2v) is 6.58. The molecule has 1 fully saturated rings. The van der Waals surface area contributed by atoms with Gasteiger partial charge in [-0.05, 0) is 49.4 Å². The molecule has 1 aromatic carbocycles. The van der Waals surface area contributed by atoms with Gasteiger partial charge in [0.15, 0.2) is 0 Å². The quantitative estimate of drug-likeness (QED) is 0.811. The van der Waals surface area contributed by atoms with Gasteiger partial charge in [-0.15, -0.1) is 0 Å². The zero-order valence-electron chi connectivity index (χ0n) is 11.6. The first-order valence-electron chi connectivity index (χ1n) is 7.33. The van der Waals surface area contributed by atoms with Crippen LogP contribution in [0.15, 0.2) is 22.7 Å². The van der Waals surface area contributed by atoms with Crippen molar-refractivity contribution >= 4 is 15.9 Å². The summed E-state index contributed by atoms with van der Waals surface area (Å²) in [6.45, 7) is 3.93. The summed E-state index contributed by atoms with van der Waals surface area (Å²) in [5.74, 6) is 1.60. The van der Waals surface area contributed by atoms with Gasteiger partial charge in [-0.3, -0.25) is 0 Å². The van der Waals surface area contributed by atoms with E-state index in [4.69, 9.17) is 0 Å². The summed E-state index contributed by atoms with van der Waals surface area (Å²) in [4.78, 5) is 0. The molecule has 0 bridgehead atoms. The van der Waals surface area contributed by atoms with E-state index in [-0.39, 0.29) is 5.82 Å². The molecule has 0 heterocycles. The van der Waals surface area contributed by atoms with E-state index in [1.165, 1.54) is 38.2 Å². The van der Waals surface area contributed by atoms with Crippen LogP contribution in [0.1, 0.15) is 44.6 Å². The topological polar surface area (TPSA) is 12.0 Å². The molecule has 0 saturated heterocycles. The summed E-state index contributed by atoms with van der Waals surface area (Å²) >= 11 is 3.38. The van der Waals surface area contributed by atoms with Crippen LogP contribution in [0, 0.1) is 17.7 Å². The van der Waals surface area contributed by atoms with Crippen LogP contribution in [-0.2, 0) is 6.54 Å². The van der Waals surface area contributed by atoms with Crippen molar-refractivity contribution in [2.75, 3.05) is 6.54 Å². The SMILES string of the molecule is CCC1CCC(CNCc2cc(Br)ccc2F)CC1. The van der Waals surface area contributed by atoms with Gasteiger partial charge in [-0.25, -0.2) is 4.39 Å². The number of nitrogens with one attached hydrogen (secondary N) is 1. The van der Waals surface area contributed by atoms with Crippen LogP contribution in [0.25, 0.3) is 0 Å². The molecule has 1 aliphatic rings. The van der Waals surface area contributed by atoms with E-state index < -0.39 is 0 Å². The molecular formula is C16H23BrFN. The lowest BCUT2D eigenvalue weighted by atomic mass is 9.81. The van der Waals surface area contributed by atoms with Gasteiger partial charge in [0.1, 0.15) is 5.82 Å². The average molecular weight is 328 g/mol. The van der Waals surface area contributed by atoms with Gasteiger partial charge in [0, 0.05) is 16.6 Å². The normalized spacial score (nSPS) is 23.5. The summed E-state index contributed by atoms with van der Waals surface area (Å²) in [7, 11) is 0.